The van der Waals surface area contributed by atoms with Crippen LogP contribution in [0.5, 0.6) is 0 Å². The molecule has 6 aliphatic heterocycles. The van der Waals surface area contributed by atoms with E-state index < -0.39 is 84.2 Å². The highest BCUT2D eigenvalue weighted by molar-refractivity contribution is 5.96. The summed E-state index contributed by atoms with van der Waals surface area (Å²) in [5, 5.41) is 42.5. The summed E-state index contributed by atoms with van der Waals surface area (Å²) in [6.45, 7) is 20.9. The van der Waals surface area contributed by atoms with Crippen molar-refractivity contribution in [1.82, 2.24) is 0 Å². The number of aliphatic carboxylic acids is 1. The van der Waals surface area contributed by atoms with Gasteiger partial charge < -0.3 is 58.3 Å². The molecule has 0 unspecified atom stereocenters. The molecule has 6 rings (SSSR count). The molecule has 0 radical (unpaired) electrons. The van der Waals surface area contributed by atoms with E-state index in [1.807, 2.05) is 33.8 Å². The van der Waals surface area contributed by atoms with Crippen LogP contribution in [0.1, 0.15) is 134 Å². The molecule has 6 heterocycles. The lowest BCUT2D eigenvalue weighted by Gasteiger charge is -2.54. The minimum Gasteiger partial charge on any atom is -0.481 e. The van der Waals surface area contributed by atoms with Crippen LogP contribution in [0.4, 0.5) is 0 Å². The van der Waals surface area contributed by atoms with E-state index in [4.69, 9.17) is 37.9 Å². The molecule has 6 aliphatic rings. The third-order valence-electron chi connectivity index (χ3n) is 15.9. The standard InChI is InChI=1S/C47H78O14/c1-24(40(50)25(2)18-28(5)43(51)52)17-26(3)41-31(8)34(49)22-45(59-41)16-15-44(11,61-45)38-21-36(56-39-14-13-35(54-12)33(10)55-39)32(9)47(58-38)30(7)20-37(57-47)42-27(4)19-29(6)46(53,23-48)60-42/h17,25-39,41-42,48-49,53H,13-16,18-23H2,1-12H3,(H,51,52)/b24-17+/t25-,26-,27+,28+,29-,30+,31+,32+,33-,34+,35-,36-,37+,38-,39+,41+,42-,44+,45-,46-,47+/m1/s1. The van der Waals surface area contributed by atoms with Crippen LogP contribution in [0.3, 0.4) is 0 Å². The van der Waals surface area contributed by atoms with E-state index in [1.54, 1.807) is 27.9 Å². The number of aliphatic hydroxyl groups is 3. The van der Waals surface area contributed by atoms with E-state index in [1.165, 1.54) is 0 Å². The fourth-order valence-corrected chi connectivity index (χ4v) is 11.8. The maximum absolute atomic E-state index is 13.4. The summed E-state index contributed by atoms with van der Waals surface area (Å²) in [7, 11) is 1.70. The number of carboxylic acid groups (broad SMARTS) is 1. The van der Waals surface area contributed by atoms with E-state index in [2.05, 4.69) is 27.7 Å². The first-order chi connectivity index (χ1) is 28.5. The smallest absolute Gasteiger partial charge is 0.306 e. The van der Waals surface area contributed by atoms with Gasteiger partial charge in [0.25, 0.3) is 0 Å². The van der Waals surface area contributed by atoms with Crippen molar-refractivity contribution in [1.29, 1.82) is 0 Å². The molecule has 61 heavy (non-hydrogen) atoms. The van der Waals surface area contributed by atoms with E-state index in [0.717, 1.165) is 6.42 Å². The number of Topliss-reactive ketones (excluding diaryl/α,β-unsaturated/α-hetero) is 1. The molecule has 2 spiro atoms. The van der Waals surface area contributed by atoms with Gasteiger partial charge >= 0.3 is 5.97 Å². The molecular formula is C47H78O14. The number of ether oxygens (including phenoxy) is 8. The number of aliphatic hydroxyl groups excluding tert-OH is 2. The first-order valence-electron chi connectivity index (χ1n) is 23.2. The molecule has 0 aromatic heterocycles. The van der Waals surface area contributed by atoms with Gasteiger partial charge in [-0.1, -0.05) is 61.5 Å². The fraction of sp³-hybridized carbons (Fsp3) is 0.915. The van der Waals surface area contributed by atoms with Gasteiger partial charge in [-0.3, -0.25) is 9.59 Å². The van der Waals surface area contributed by atoms with Crippen LogP contribution < -0.4 is 0 Å². The van der Waals surface area contributed by atoms with Crippen LogP contribution in [0.2, 0.25) is 0 Å². The van der Waals surface area contributed by atoms with Crippen molar-refractivity contribution in [3.63, 3.8) is 0 Å². The Morgan fingerprint density at radius 1 is 0.902 bits per heavy atom. The maximum atomic E-state index is 13.4. The topological polar surface area (TPSA) is 189 Å². The molecule has 14 heteroatoms. The number of hydrogen-bond donors (Lipinski definition) is 4. The lowest BCUT2D eigenvalue weighted by atomic mass is 9.76. The summed E-state index contributed by atoms with van der Waals surface area (Å²) in [4.78, 5) is 24.8. The zero-order chi connectivity index (χ0) is 45.0. The van der Waals surface area contributed by atoms with Gasteiger partial charge in [0.15, 0.2) is 29.4 Å². The Kier molecular flexibility index (Phi) is 15.0. The van der Waals surface area contributed by atoms with Crippen molar-refractivity contribution in [2.75, 3.05) is 13.7 Å². The third kappa shape index (κ3) is 9.71. The molecule has 21 atom stereocenters. The Balaban J connectivity index is 1.24. The van der Waals surface area contributed by atoms with Crippen molar-refractivity contribution < 1.29 is 67.9 Å². The SMILES string of the molecule is CO[C@@H]1CC[C@H](O[C@@H]2C[C@H]([C@]3(C)CC[C@]4(C[C@H](O)[C@H](C)[C@H]([C@H](C)/C=C(\C)C(=O)[C@H](C)C[C@H](C)C(=O)O)O4)O3)O[C@]3(O[C@H]([C@@H]4O[C@](O)(CO)[C@H](C)C[C@@H]4C)C[C@@H]3C)[C@H]2C)O[C@@H]1C. The van der Waals surface area contributed by atoms with E-state index in [0.29, 0.717) is 44.1 Å². The highest BCUT2D eigenvalue weighted by atomic mass is 16.8. The van der Waals surface area contributed by atoms with Crippen molar-refractivity contribution in [3.05, 3.63) is 11.6 Å². The van der Waals surface area contributed by atoms with Gasteiger partial charge in [-0.15, -0.1) is 0 Å². The molecule has 4 N–H and O–H groups in total. The maximum Gasteiger partial charge on any atom is 0.306 e. The second kappa shape index (κ2) is 18.7. The molecule has 350 valence electrons. The monoisotopic (exact) mass is 867 g/mol. The number of ketones is 1. The van der Waals surface area contributed by atoms with E-state index in [-0.39, 0.29) is 72.4 Å². The lowest BCUT2D eigenvalue weighted by molar-refractivity contribution is -0.390. The Bertz CT molecular complexity index is 1570. The van der Waals surface area contributed by atoms with Gasteiger partial charge in [-0.05, 0) is 64.4 Å². The summed E-state index contributed by atoms with van der Waals surface area (Å²) < 4.78 is 53.9. The molecule has 0 bridgehead atoms. The Morgan fingerprint density at radius 2 is 1.61 bits per heavy atom. The van der Waals surface area contributed by atoms with E-state index >= 15 is 0 Å². The van der Waals surface area contributed by atoms with Crippen LogP contribution in [-0.2, 0) is 47.5 Å². The minimum atomic E-state index is -1.66. The number of methoxy groups -OCH3 is 1. The number of carboxylic acids is 1. The fourth-order valence-electron chi connectivity index (χ4n) is 11.8. The Morgan fingerprint density at radius 3 is 2.25 bits per heavy atom. The summed E-state index contributed by atoms with van der Waals surface area (Å²) >= 11 is 0. The third-order valence-corrected chi connectivity index (χ3v) is 15.9. The predicted molar refractivity (Wildman–Crippen MR) is 224 cm³/mol. The first-order valence-corrected chi connectivity index (χ1v) is 23.2. The number of carbonyl (C=O) groups excluding carboxylic acids is 1. The van der Waals surface area contributed by atoms with Crippen LogP contribution in [-0.4, -0.2) is 124 Å². The van der Waals surface area contributed by atoms with Gasteiger partial charge in [-0.25, -0.2) is 0 Å². The molecule has 14 nitrogen and oxygen atoms in total. The highest BCUT2D eigenvalue weighted by Crippen LogP contribution is 2.56. The second-order valence-corrected chi connectivity index (χ2v) is 20.6. The van der Waals surface area contributed by atoms with Crippen molar-refractivity contribution in [2.45, 2.75) is 212 Å². The molecule has 0 aromatic rings. The van der Waals surface area contributed by atoms with Crippen LogP contribution in [0.25, 0.3) is 0 Å². The van der Waals surface area contributed by atoms with Gasteiger partial charge in [0.1, 0.15) is 0 Å². The summed E-state index contributed by atoms with van der Waals surface area (Å²) in [5.74, 6) is -7.01. The largest absolute Gasteiger partial charge is 0.481 e. The normalized spacial score (nSPS) is 48.6. The average Bonchev–Trinajstić information content (AvgIpc) is 3.71. The van der Waals surface area contributed by atoms with Crippen molar-refractivity contribution >= 4 is 11.8 Å². The summed E-state index contributed by atoms with van der Waals surface area (Å²) in [6.07, 6.45) is 3.25. The molecule has 0 amide bonds. The second-order valence-electron chi connectivity index (χ2n) is 20.6. The van der Waals surface area contributed by atoms with E-state index in [9.17, 15) is 30.0 Å². The van der Waals surface area contributed by atoms with Crippen molar-refractivity contribution in [3.8, 4) is 0 Å². The molecular weight excluding hydrogens is 789 g/mol. The number of hydrogen-bond acceptors (Lipinski definition) is 13. The number of carbonyl (C=O) groups is 2. The molecule has 0 saturated carbocycles. The molecule has 6 fully saturated rings. The molecule has 6 saturated heterocycles. The first kappa shape index (κ1) is 48.9. The average molecular weight is 867 g/mol. The quantitative estimate of drug-likeness (QED) is 0.154. The number of allylic oxidation sites excluding steroid dienone is 1. The van der Waals surface area contributed by atoms with Crippen LogP contribution >= 0.6 is 0 Å². The van der Waals surface area contributed by atoms with Gasteiger partial charge in [0, 0.05) is 68.3 Å². The Hall–Kier alpha value is -1.56. The van der Waals surface area contributed by atoms with Gasteiger partial charge in [0.05, 0.1) is 67.0 Å². The van der Waals surface area contributed by atoms with Gasteiger partial charge in [0.2, 0.25) is 0 Å². The van der Waals surface area contributed by atoms with Crippen molar-refractivity contribution in [2.24, 2.45) is 47.3 Å². The summed E-state index contributed by atoms with van der Waals surface area (Å²) in [5.41, 5.74) is -0.326. The van der Waals surface area contributed by atoms with Gasteiger partial charge in [-0.2, -0.15) is 0 Å². The summed E-state index contributed by atoms with van der Waals surface area (Å²) in [6, 6.07) is 0. The van der Waals surface area contributed by atoms with Crippen LogP contribution in [0, 0.1) is 47.3 Å². The molecule has 0 aliphatic carbocycles. The number of rotatable bonds is 13. The van der Waals surface area contributed by atoms with Crippen LogP contribution in [0.15, 0.2) is 11.6 Å². The zero-order valence-electron chi connectivity index (χ0n) is 38.8. The lowest BCUT2D eigenvalue weighted by Crippen LogP contribution is -2.63. The zero-order valence-corrected chi connectivity index (χ0v) is 38.8. The highest BCUT2D eigenvalue weighted by Gasteiger charge is 2.65. The minimum absolute atomic E-state index is 0.0130. The Labute approximate surface area is 363 Å². The predicted octanol–water partition coefficient (Wildman–Crippen LogP) is 6.15. The molecule has 0 aromatic carbocycles.